The number of halogens is 1. The molecule has 0 spiro atoms. The number of anilines is 1. The summed E-state index contributed by atoms with van der Waals surface area (Å²) in [5, 5.41) is 14.6. The van der Waals surface area contributed by atoms with E-state index in [-0.39, 0.29) is 11.3 Å². The van der Waals surface area contributed by atoms with Gasteiger partial charge in [-0.1, -0.05) is 12.1 Å². The second-order valence-electron chi connectivity index (χ2n) is 5.36. The van der Waals surface area contributed by atoms with Gasteiger partial charge in [0.1, 0.15) is 6.54 Å². The summed E-state index contributed by atoms with van der Waals surface area (Å²) < 4.78 is 25.9. The van der Waals surface area contributed by atoms with Crippen molar-refractivity contribution < 1.29 is 18.1 Å². The van der Waals surface area contributed by atoms with Gasteiger partial charge in [-0.15, -0.1) is 0 Å². The van der Waals surface area contributed by atoms with E-state index >= 15 is 0 Å². The summed E-state index contributed by atoms with van der Waals surface area (Å²) in [6.07, 6.45) is 2.13. The molecule has 2 rings (SSSR count). The smallest absolute Gasteiger partial charge is 0.271 e. The number of hydrogen-bond acceptors (Lipinski definition) is 6. The van der Waals surface area contributed by atoms with Crippen molar-refractivity contribution in [3.63, 3.8) is 0 Å². The van der Waals surface area contributed by atoms with Crippen molar-refractivity contribution in [2.75, 3.05) is 17.1 Å². The van der Waals surface area contributed by atoms with E-state index in [0.717, 1.165) is 20.3 Å². The van der Waals surface area contributed by atoms with Crippen LogP contribution in [0.25, 0.3) is 0 Å². The van der Waals surface area contributed by atoms with Crippen molar-refractivity contribution in [3.8, 4) is 0 Å². The lowest BCUT2D eigenvalue weighted by atomic mass is 10.2. The van der Waals surface area contributed by atoms with Crippen LogP contribution in [0.15, 0.2) is 53.6 Å². The van der Waals surface area contributed by atoms with E-state index in [1.54, 1.807) is 30.3 Å². The van der Waals surface area contributed by atoms with Crippen LogP contribution < -0.4 is 9.73 Å². The molecule has 2 aromatic rings. The third kappa shape index (κ3) is 5.99. The molecule has 0 aliphatic carbocycles. The van der Waals surface area contributed by atoms with Crippen LogP contribution in [0.3, 0.4) is 0 Å². The summed E-state index contributed by atoms with van der Waals surface area (Å²) in [5.74, 6) is -0.686. The van der Waals surface area contributed by atoms with E-state index in [4.69, 9.17) is 0 Å². The molecule has 0 saturated heterocycles. The van der Waals surface area contributed by atoms with Crippen molar-refractivity contribution in [2.45, 2.75) is 0 Å². The number of nitro benzene ring substituents is 1. The Bertz CT molecular complexity index is 977. The van der Waals surface area contributed by atoms with Gasteiger partial charge in [0.05, 0.1) is 28.6 Å². The normalized spacial score (nSPS) is 11.3. The summed E-state index contributed by atoms with van der Waals surface area (Å²) in [6, 6.07) is 12.5. The van der Waals surface area contributed by atoms with Gasteiger partial charge in [-0.25, -0.2) is 13.8 Å². The summed E-state index contributed by atoms with van der Waals surface area (Å²) >= 11 is 2.08. The molecule has 2 aromatic carbocycles. The number of hydrazone groups is 1. The van der Waals surface area contributed by atoms with Gasteiger partial charge in [0, 0.05) is 9.64 Å². The maximum absolute atomic E-state index is 12.1. The fraction of sp³-hybridized carbons (Fsp3) is 0.125. The van der Waals surface area contributed by atoms with Gasteiger partial charge in [-0.3, -0.25) is 19.2 Å². The predicted octanol–water partition coefficient (Wildman–Crippen LogP) is 2.12. The molecule has 0 atom stereocenters. The Hall–Kier alpha value is -2.54. The molecule has 1 amide bonds. The second kappa shape index (κ2) is 8.90. The highest BCUT2D eigenvalue weighted by Crippen LogP contribution is 2.19. The number of carbonyl (C=O) groups excluding carboxylic acids is 1. The van der Waals surface area contributed by atoms with Crippen LogP contribution in [-0.2, 0) is 14.8 Å². The van der Waals surface area contributed by atoms with Crippen LogP contribution in [0.4, 0.5) is 11.4 Å². The first-order chi connectivity index (χ1) is 12.7. The zero-order chi connectivity index (χ0) is 20.0. The molecule has 9 nitrogen and oxygen atoms in total. The molecule has 0 fully saturated rings. The van der Waals surface area contributed by atoms with Crippen LogP contribution in [-0.4, -0.2) is 38.3 Å². The number of carbonyl (C=O) groups is 1. The molecule has 0 radical (unpaired) electrons. The topological polar surface area (TPSA) is 122 Å². The molecule has 0 aliphatic heterocycles. The van der Waals surface area contributed by atoms with Gasteiger partial charge in [0.25, 0.3) is 11.6 Å². The molecular weight excluding hydrogens is 487 g/mol. The summed E-state index contributed by atoms with van der Waals surface area (Å²) in [7, 11) is -3.69. The van der Waals surface area contributed by atoms with Gasteiger partial charge in [0.15, 0.2) is 0 Å². The number of amides is 1. The number of nitrogens with one attached hydrogen (secondary N) is 1. The minimum absolute atomic E-state index is 0.160. The molecule has 0 aliphatic rings. The highest BCUT2D eigenvalue weighted by molar-refractivity contribution is 14.1. The summed E-state index contributed by atoms with van der Waals surface area (Å²) in [5.41, 5.74) is 2.57. The number of nitrogens with zero attached hydrogens (tertiary/aromatic N) is 3. The number of hydrogen-bond donors (Lipinski definition) is 1. The van der Waals surface area contributed by atoms with E-state index in [9.17, 15) is 23.3 Å². The largest absolute Gasteiger partial charge is 0.278 e. The minimum atomic E-state index is -3.69. The third-order valence-electron chi connectivity index (χ3n) is 3.33. The zero-order valence-corrected chi connectivity index (χ0v) is 17.0. The van der Waals surface area contributed by atoms with Crippen LogP contribution in [0.1, 0.15) is 5.56 Å². The van der Waals surface area contributed by atoms with E-state index < -0.39 is 27.4 Å². The van der Waals surface area contributed by atoms with Crippen molar-refractivity contribution in [1.82, 2.24) is 5.43 Å². The highest BCUT2D eigenvalue weighted by Gasteiger charge is 2.20. The van der Waals surface area contributed by atoms with Gasteiger partial charge in [-0.2, -0.15) is 5.10 Å². The fourth-order valence-corrected chi connectivity index (χ4v) is 3.33. The molecule has 27 heavy (non-hydrogen) atoms. The Morgan fingerprint density at radius 1 is 1.26 bits per heavy atom. The van der Waals surface area contributed by atoms with Crippen molar-refractivity contribution in [1.29, 1.82) is 0 Å². The zero-order valence-electron chi connectivity index (χ0n) is 14.1. The van der Waals surface area contributed by atoms with Gasteiger partial charge in [-0.05, 0) is 52.9 Å². The molecule has 1 N–H and O–H groups in total. The third-order valence-corrected chi connectivity index (χ3v) is 5.19. The van der Waals surface area contributed by atoms with Crippen LogP contribution in [0, 0.1) is 13.7 Å². The Morgan fingerprint density at radius 3 is 2.48 bits per heavy atom. The Balaban J connectivity index is 2.11. The number of benzene rings is 2. The average Bonchev–Trinajstić information content (AvgIpc) is 2.60. The number of nitro groups is 1. The monoisotopic (exact) mass is 502 g/mol. The fourth-order valence-electron chi connectivity index (χ4n) is 2.11. The lowest BCUT2D eigenvalue weighted by Gasteiger charge is -2.21. The quantitative estimate of drug-likeness (QED) is 0.269. The first-order valence-corrected chi connectivity index (χ1v) is 10.4. The van der Waals surface area contributed by atoms with E-state index in [0.29, 0.717) is 5.69 Å². The number of para-hydroxylation sites is 1. The lowest BCUT2D eigenvalue weighted by Crippen LogP contribution is -2.39. The Morgan fingerprint density at radius 2 is 1.89 bits per heavy atom. The highest BCUT2D eigenvalue weighted by atomic mass is 127. The van der Waals surface area contributed by atoms with Gasteiger partial charge >= 0.3 is 0 Å². The van der Waals surface area contributed by atoms with E-state index in [1.807, 2.05) is 0 Å². The van der Waals surface area contributed by atoms with Crippen molar-refractivity contribution >= 4 is 56.1 Å². The van der Waals surface area contributed by atoms with Crippen molar-refractivity contribution in [3.05, 3.63) is 67.8 Å². The first-order valence-electron chi connectivity index (χ1n) is 7.47. The lowest BCUT2D eigenvalue weighted by molar-refractivity contribution is -0.385. The van der Waals surface area contributed by atoms with Crippen LogP contribution >= 0.6 is 22.6 Å². The Kier molecular flexibility index (Phi) is 6.85. The molecule has 142 valence electrons. The van der Waals surface area contributed by atoms with Gasteiger partial charge < -0.3 is 0 Å². The summed E-state index contributed by atoms with van der Waals surface area (Å²) in [4.78, 5) is 22.5. The van der Waals surface area contributed by atoms with Crippen LogP contribution in [0.5, 0.6) is 0 Å². The molecule has 0 bridgehead atoms. The first kappa shape index (κ1) is 20.8. The predicted molar refractivity (Wildman–Crippen MR) is 110 cm³/mol. The molecular formula is C16H15IN4O5S. The minimum Gasteiger partial charge on any atom is -0.271 e. The number of sulfonamides is 1. The second-order valence-corrected chi connectivity index (χ2v) is 8.51. The average molecular weight is 502 g/mol. The molecule has 11 heteroatoms. The molecule has 0 saturated carbocycles. The maximum atomic E-state index is 12.1. The van der Waals surface area contributed by atoms with Crippen molar-refractivity contribution in [2.24, 2.45) is 5.10 Å². The van der Waals surface area contributed by atoms with Crippen LogP contribution in [0.2, 0.25) is 0 Å². The molecule has 0 heterocycles. The van der Waals surface area contributed by atoms with E-state index in [2.05, 4.69) is 33.1 Å². The Labute approximate surface area is 169 Å². The standard InChI is InChI=1S/C16H15IN4O5S/c1-27(25,26)20(14-8-6-13(17)7-9-14)11-16(22)19-18-10-12-4-2-3-5-15(12)21(23)24/h2-10H,11H2,1H3,(H,19,22)/b18-10-. The van der Waals surface area contributed by atoms with E-state index in [1.165, 1.54) is 18.2 Å². The van der Waals surface area contributed by atoms with Gasteiger partial charge in [0.2, 0.25) is 10.0 Å². The maximum Gasteiger partial charge on any atom is 0.278 e. The SMILES string of the molecule is CS(=O)(=O)N(CC(=O)N/N=C\c1ccccc1[N+](=O)[O-])c1ccc(I)cc1. The molecule has 0 aromatic heterocycles. The summed E-state index contributed by atoms with van der Waals surface area (Å²) in [6.45, 7) is -0.479. The number of rotatable bonds is 7. The molecule has 0 unspecified atom stereocenters.